The second kappa shape index (κ2) is 6.62. The fourth-order valence-corrected chi connectivity index (χ4v) is 3.32. The van der Waals surface area contributed by atoms with Crippen molar-refractivity contribution in [1.29, 1.82) is 0 Å². The Labute approximate surface area is 127 Å². The summed E-state index contributed by atoms with van der Waals surface area (Å²) in [5.74, 6) is 0.689. The van der Waals surface area contributed by atoms with Gasteiger partial charge in [0, 0.05) is 16.7 Å². The molecule has 1 fully saturated rings. The minimum absolute atomic E-state index is 0.0714. The van der Waals surface area contributed by atoms with Gasteiger partial charge in [0.1, 0.15) is 0 Å². The lowest BCUT2D eigenvalue weighted by atomic mass is 10.1. The lowest BCUT2D eigenvalue weighted by molar-refractivity contribution is -0.386. The lowest BCUT2D eigenvalue weighted by Gasteiger charge is -2.11. The van der Waals surface area contributed by atoms with Crippen LogP contribution in [-0.2, 0) is 9.05 Å². The Morgan fingerprint density at radius 2 is 2.00 bits per heavy atom. The van der Waals surface area contributed by atoms with E-state index in [0.717, 1.165) is 12.5 Å². The molecule has 0 atom stereocenters. The van der Waals surface area contributed by atoms with Crippen LogP contribution in [0.4, 0.5) is 5.69 Å². The molecule has 116 valence electrons. The number of benzene rings is 1. The zero-order chi connectivity index (χ0) is 15.5. The van der Waals surface area contributed by atoms with E-state index in [0.29, 0.717) is 12.5 Å². The molecule has 0 spiro atoms. The zero-order valence-electron chi connectivity index (χ0n) is 11.3. The molecule has 0 unspecified atom stereocenters. The summed E-state index contributed by atoms with van der Waals surface area (Å²) in [6, 6.07) is 3.41. The third-order valence-electron chi connectivity index (χ3n) is 3.67. The van der Waals surface area contributed by atoms with E-state index in [1.54, 1.807) is 0 Å². The average Bonchev–Trinajstić information content (AvgIpc) is 2.90. The molecular weight excluding hydrogens is 318 g/mol. The molecule has 0 amide bonds. The first-order valence-electron chi connectivity index (χ1n) is 6.74. The third kappa shape index (κ3) is 4.31. The molecule has 0 aliphatic heterocycles. The van der Waals surface area contributed by atoms with Gasteiger partial charge in [-0.25, -0.2) is 8.42 Å². The van der Waals surface area contributed by atoms with Gasteiger partial charge in [-0.2, -0.15) is 0 Å². The van der Waals surface area contributed by atoms with Gasteiger partial charge in [-0.1, -0.05) is 25.7 Å². The number of nitro benzene ring substituents is 1. The standard InChI is InChI=1S/C13H16ClNO5S/c14-21(18,19)11-5-6-13(12(9-11)15(16)17)20-8-7-10-3-1-2-4-10/h5-6,9-10H,1-4,7-8H2. The molecule has 0 N–H and O–H groups in total. The van der Waals surface area contributed by atoms with Crippen molar-refractivity contribution in [2.45, 2.75) is 37.0 Å². The number of rotatable bonds is 6. The summed E-state index contributed by atoms with van der Waals surface area (Å²) in [5.41, 5.74) is -0.386. The zero-order valence-corrected chi connectivity index (χ0v) is 12.9. The number of ether oxygens (including phenoxy) is 1. The monoisotopic (exact) mass is 333 g/mol. The van der Waals surface area contributed by atoms with Gasteiger partial charge >= 0.3 is 5.69 Å². The van der Waals surface area contributed by atoms with E-state index >= 15 is 0 Å². The second-order valence-corrected chi connectivity index (χ2v) is 7.68. The maximum absolute atomic E-state index is 11.2. The predicted octanol–water partition coefficient (Wildman–Crippen LogP) is 3.48. The SMILES string of the molecule is O=[N+]([O-])c1cc(S(=O)(=O)Cl)ccc1OCCC1CCCC1. The molecule has 1 aromatic carbocycles. The van der Waals surface area contributed by atoms with Crippen molar-refractivity contribution in [2.75, 3.05) is 6.61 Å². The smallest absolute Gasteiger partial charge is 0.312 e. The Hall–Kier alpha value is -1.34. The normalized spacial score (nSPS) is 16.0. The number of nitro groups is 1. The van der Waals surface area contributed by atoms with Crippen LogP contribution < -0.4 is 4.74 Å². The number of nitrogens with zero attached hydrogens (tertiary/aromatic N) is 1. The number of halogens is 1. The fraction of sp³-hybridized carbons (Fsp3) is 0.538. The van der Waals surface area contributed by atoms with Crippen molar-refractivity contribution in [3.8, 4) is 5.75 Å². The van der Waals surface area contributed by atoms with Gasteiger partial charge in [0.05, 0.1) is 16.4 Å². The van der Waals surface area contributed by atoms with Crippen LogP contribution in [0.2, 0.25) is 0 Å². The van der Waals surface area contributed by atoms with E-state index in [1.807, 2.05) is 0 Å². The fourth-order valence-electron chi connectivity index (χ4n) is 2.55. The van der Waals surface area contributed by atoms with E-state index in [2.05, 4.69) is 0 Å². The van der Waals surface area contributed by atoms with E-state index in [4.69, 9.17) is 15.4 Å². The van der Waals surface area contributed by atoms with Crippen LogP contribution in [-0.4, -0.2) is 19.9 Å². The highest BCUT2D eigenvalue weighted by molar-refractivity contribution is 8.13. The Morgan fingerprint density at radius 1 is 1.33 bits per heavy atom. The van der Waals surface area contributed by atoms with E-state index < -0.39 is 14.0 Å². The molecule has 0 bridgehead atoms. The molecule has 0 aromatic heterocycles. The topological polar surface area (TPSA) is 86.5 Å². The van der Waals surface area contributed by atoms with Crippen molar-refractivity contribution in [1.82, 2.24) is 0 Å². The van der Waals surface area contributed by atoms with Crippen LogP contribution in [0.5, 0.6) is 5.75 Å². The molecule has 1 aliphatic rings. The van der Waals surface area contributed by atoms with Crippen molar-refractivity contribution < 1.29 is 18.1 Å². The molecule has 1 saturated carbocycles. The Balaban J connectivity index is 2.09. The molecular formula is C13H16ClNO5S. The Bertz CT molecular complexity index is 625. The van der Waals surface area contributed by atoms with E-state index in [9.17, 15) is 18.5 Å². The van der Waals surface area contributed by atoms with Gasteiger partial charge in [0.15, 0.2) is 5.75 Å². The van der Waals surface area contributed by atoms with Crippen LogP contribution in [0.15, 0.2) is 23.1 Å². The average molecular weight is 334 g/mol. The molecule has 2 rings (SSSR count). The van der Waals surface area contributed by atoms with Gasteiger partial charge < -0.3 is 4.74 Å². The summed E-state index contributed by atoms with van der Waals surface area (Å²) in [4.78, 5) is 10.0. The van der Waals surface area contributed by atoms with Gasteiger partial charge in [-0.05, 0) is 24.5 Å². The lowest BCUT2D eigenvalue weighted by Crippen LogP contribution is -2.06. The van der Waals surface area contributed by atoms with Crippen molar-refractivity contribution in [2.24, 2.45) is 5.92 Å². The number of hydrogen-bond donors (Lipinski definition) is 0. The third-order valence-corrected chi connectivity index (χ3v) is 5.02. The first kappa shape index (κ1) is 16.0. The summed E-state index contributed by atoms with van der Waals surface area (Å²) < 4.78 is 27.9. The van der Waals surface area contributed by atoms with Gasteiger partial charge in [0.25, 0.3) is 9.05 Å². The minimum atomic E-state index is -4.00. The quantitative estimate of drug-likeness (QED) is 0.452. The maximum atomic E-state index is 11.2. The summed E-state index contributed by atoms with van der Waals surface area (Å²) in [6.07, 6.45) is 5.66. The molecule has 0 radical (unpaired) electrons. The summed E-state index contributed by atoms with van der Waals surface area (Å²) >= 11 is 0. The highest BCUT2D eigenvalue weighted by Crippen LogP contribution is 2.32. The van der Waals surface area contributed by atoms with Crippen molar-refractivity contribution in [3.63, 3.8) is 0 Å². The van der Waals surface area contributed by atoms with Crippen LogP contribution in [0.3, 0.4) is 0 Å². The van der Waals surface area contributed by atoms with Crippen molar-refractivity contribution in [3.05, 3.63) is 28.3 Å². The van der Waals surface area contributed by atoms with Gasteiger partial charge in [-0.15, -0.1) is 0 Å². The van der Waals surface area contributed by atoms with Gasteiger partial charge in [0.2, 0.25) is 0 Å². The molecule has 8 heteroatoms. The van der Waals surface area contributed by atoms with E-state index in [1.165, 1.54) is 37.8 Å². The molecule has 21 heavy (non-hydrogen) atoms. The summed E-state index contributed by atoms with van der Waals surface area (Å²) in [5, 5.41) is 11.0. The Kier molecular flexibility index (Phi) is 5.05. The summed E-state index contributed by atoms with van der Waals surface area (Å²) in [7, 11) is 1.19. The molecule has 6 nitrogen and oxygen atoms in total. The molecule has 0 saturated heterocycles. The van der Waals surface area contributed by atoms with Crippen LogP contribution in [0, 0.1) is 16.0 Å². The first-order chi connectivity index (χ1) is 9.88. The Morgan fingerprint density at radius 3 is 2.57 bits per heavy atom. The van der Waals surface area contributed by atoms with Crippen LogP contribution in [0.1, 0.15) is 32.1 Å². The molecule has 0 heterocycles. The number of hydrogen-bond acceptors (Lipinski definition) is 5. The van der Waals surface area contributed by atoms with Crippen molar-refractivity contribution >= 4 is 25.4 Å². The predicted molar refractivity (Wildman–Crippen MR) is 78.2 cm³/mol. The molecule has 1 aromatic rings. The minimum Gasteiger partial charge on any atom is -0.487 e. The van der Waals surface area contributed by atoms with Crippen LogP contribution >= 0.6 is 10.7 Å². The first-order valence-corrected chi connectivity index (χ1v) is 9.05. The largest absolute Gasteiger partial charge is 0.487 e. The highest BCUT2D eigenvalue weighted by atomic mass is 35.7. The summed E-state index contributed by atoms with van der Waals surface area (Å²) in [6.45, 7) is 0.387. The van der Waals surface area contributed by atoms with E-state index in [-0.39, 0.29) is 16.3 Å². The molecule has 1 aliphatic carbocycles. The van der Waals surface area contributed by atoms with Gasteiger partial charge in [-0.3, -0.25) is 10.1 Å². The second-order valence-electron chi connectivity index (χ2n) is 5.11. The maximum Gasteiger partial charge on any atom is 0.312 e. The highest BCUT2D eigenvalue weighted by Gasteiger charge is 2.21. The van der Waals surface area contributed by atoms with Crippen LogP contribution in [0.25, 0.3) is 0 Å².